The number of halogens is 3. The molecule has 0 bridgehead atoms. The predicted molar refractivity (Wildman–Crippen MR) is 121 cm³/mol. The molecular weight excluding hydrogens is 453 g/mol. The molecule has 3 N–H and O–H groups in total. The highest BCUT2D eigenvalue weighted by Crippen LogP contribution is 2.33. The van der Waals surface area contributed by atoms with E-state index in [4.69, 9.17) is 10.5 Å². The number of aryl methyl sites for hydroxylation is 2. The van der Waals surface area contributed by atoms with Crippen LogP contribution in [-0.4, -0.2) is 69.6 Å². The van der Waals surface area contributed by atoms with Gasteiger partial charge in [0.15, 0.2) is 5.65 Å². The lowest BCUT2D eigenvalue weighted by atomic mass is 10.1. The standard InChI is InChI=1S/C21H25F3N8O2/c1-12-8-14(34-3)4-5-16(12)27-20(33)31-6-7-32(13(11-31)9-21(22,23)24)18-15-10-26-30(2)17(15)28-19(25)29-18/h4-5,8,10,13H,6-7,9,11H2,1-3H3,(H,27,33)(H2,25,28,29). The van der Waals surface area contributed by atoms with Crippen LogP contribution in [0.3, 0.4) is 0 Å². The Morgan fingerprint density at radius 3 is 2.74 bits per heavy atom. The second-order valence-corrected chi connectivity index (χ2v) is 8.13. The maximum Gasteiger partial charge on any atom is 0.391 e. The van der Waals surface area contributed by atoms with Gasteiger partial charge in [-0.3, -0.25) is 4.68 Å². The number of hydrogen-bond acceptors (Lipinski definition) is 7. The number of alkyl halides is 3. The average molecular weight is 478 g/mol. The zero-order valence-electron chi connectivity index (χ0n) is 18.9. The van der Waals surface area contributed by atoms with Crippen molar-refractivity contribution in [3.05, 3.63) is 30.0 Å². The molecule has 0 aliphatic carbocycles. The quantitative estimate of drug-likeness (QED) is 0.593. The number of fused-ring (bicyclic) bond motifs is 1. The summed E-state index contributed by atoms with van der Waals surface area (Å²) in [5.41, 5.74) is 7.58. The number of hydrogen-bond donors (Lipinski definition) is 2. The molecule has 0 saturated carbocycles. The second kappa shape index (κ2) is 8.88. The number of carbonyl (C=O) groups excluding carboxylic acids is 1. The second-order valence-electron chi connectivity index (χ2n) is 8.13. The molecule has 4 rings (SSSR count). The number of aromatic nitrogens is 4. The largest absolute Gasteiger partial charge is 0.497 e. The van der Waals surface area contributed by atoms with E-state index in [0.717, 1.165) is 5.56 Å². The fourth-order valence-electron chi connectivity index (χ4n) is 4.10. The Morgan fingerprint density at radius 1 is 1.29 bits per heavy atom. The van der Waals surface area contributed by atoms with Gasteiger partial charge < -0.3 is 25.6 Å². The first-order valence-corrected chi connectivity index (χ1v) is 10.5. The van der Waals surface area contributed by atoms with Crippen LogP contribution in [-0.2, 0) is 7.05 Å². The van der Waals surface area contributed by atoms with Gasteiger partial charge in [-0.05, 0) is 30.7 Å². The van der Waals surface area contributed by atoms with Crippen LogP contribution in [0, 0.1) is 6.92 Å². The van der Waals surface area contributed by atoms with Crippen LogP contribution >= 0.6 is 0 Å². The maximum absolute atomic E-state index is 13.5. The molecule has 1 fully saturated rings. The topological polar surface area (TPSA) is 114 Å². The van der Waals surface area contributed by atoms with Crippen LogP contribution in [0.4, 0.5) is 35.4 Å². The molecule has 1 unspecified atom stereocenters. The van der Waals surface area contributed by atoms with Crippen molar-refractivity contribution in [2.24, 2.45) is 7.05 Å². The number of nitrogens with one attached hydrogen (secondary N) is 1. The predicted octanol–water partition coefficient (Wildman–Crippen LogP) is 2.94. The molecule has 1 saturated heterocycles. The molecule has 3 aromatic rings. The number of anilines is 3. The van der Waals surface area contributed by atoms with E-state index in [1.54, 1.807) is 32.2 Å². The molecule has 1 atom stereocenters. The molecule has 34 heavy (non-hydrogen) atoms. The first kappa shape index (κ1) is 23.4. The first-order chi connectivity index (χ1) is 16.1. The van der Waals surface area contributed by atoms with E-state index < -0.39 is 24.7 Å². The van der Waals surface area contributed by atoms with E-state index in [-0.39, 0.29) is 31.4 Å². The monoisotopic (exact) mass is 478 g/mol. The van der Waals surface area contributed by atoms with Gasteiger partial charge in [-0.25, -0.2) is 4.79 Å². The third-order valence-corrected chi connectivity index (χ3v) is 5.77. The molecule has 1 aliphatic rings. The lowest BCUT2D eigenvalue weighted by molar-refractivity contribution is -0.139. The number of urea groups is 1. The molecule has 13 heteroatoms. The van der Waals surface area contributed by atoms with E-state index in [1.807, 2.05) is 0 Å². The Labute approximate surface area is 193 Å². The highest BCUT2D eigenvalue weighted by atomic mass is 19.4. The Balaban J connectivity index is 1.59. The molecule has 1 aromatic carbocycles. The summed E-state index contributed by atoms with van der Waals surface area (Å²) in [5, 5.41) is 7.41. The van der Waals surface area contributed by atoms with Gasteiger partial charge in [-0.1, -0.05) is 0 Å². The summed E-state index contributed by atoms with van der Waals surface area (Å²) >= 11 is 0. The van der Waals surface area contributed by atoms with Gasteiger partial charge in [-0.15, -0.1) is 0 Å². The molecule has 0 spiro atoms. The first-order valence-electron chi connectivity index (χ1n) is 10.5. The summed E-state index contributed by atoms with van der Waals surface area (Å²) < 4.78 is 47.1. The Bertz CT molecular complexity index is 1210. The van der Waals surface area contributed by atoms with Crippen molar-refractivity contribution in [2.45, 2.75) is 25.6 Å². The van der Waals surface area contributed by atoms with Crippen molar-refractivity contribution in [2.75, 3.05) is 42.7 Å². The number of nitrogens with zero attached hydrogens (tertiary/aromatic N) is 6. The number of benzene rings is 1. The number of rotatable bonds is 4. The summed E-state index contributed by atoms with van der Waals surface area (Å²) in [6.45, 7) is 1.99. The van der Waals surface area contributed by atoms with Crippen LogP contribution in [0.25, 0.3) is 11.0 Å². The Hall–Kier alpha value is -3.77. The molecule has 182 valence electrons. The number of nitrogens with two attached hydrogens (primary N) is 1. The number of amides is 2. The molecule has 10 nitrogen and oxygen atoms in total. The number of methoxy groups -OCH3 is 1. The van der Waals surface area contributed by atoms with Crippen LogP contribution in [0.2, 0.25) is 0 Å². The number of nitrogen functional groups attached to an aromatic ring is 1. The van der Waals surface area contributed by atoms with E-state index >= 15 is 0 Å². The Morgan fingerprint density at radius 2 is 2.06 bits per heavy atom. The summed E-state index contributed by atoms with van der Waals surface area (Å²) in [6, 6.07) is 3.62. The van der Waals surface area contributed by atoms with Crippen molar-refractivity contribution in [1.29, 1.82) is 0 Å². The number of piperazine rings is 1. The molecule has 1 aliphatic heterocycles. The van der Waals surface area contributed by atoms with Gasteiger partial charge in [0.05, 0.1) is 31.2 Å². The minimum absolute atomic E-state index is 0.0630. The van der Waals surface area contributed by atoms with E-state index in [9.17, 15) is 18.0 Å². The maximum atomic E-state index is 13.5. The van der Waals surface area contributed by atoms with E-state index in [0.29, 0.717) is 22.5 Å². The Kier molecular flexibility index (Phi) is 6.11. The minimum Gasteiger partial charge on any atom is -0.497 e. The lowest BCUT2D eigenvalue weighted by Gasteiger charge is -2.42. The van der Waals surface area contributed by atoms with Crippen LogP contribution in [0.1, 0.15) is 12.0 Å². The number of carbonyl (C=O) groups is 1. The van der Waals surface area contributed by atoms with E-state index in [1.165, 1.54) is 27.8 Å². The van der Waals surface area contributed by atoms with Crippen LogP contribution in [0.15, 0.2) is 24.4 Å². The summed E-state index contributed by atoms with van der Waals surface area (Å²) in [5.74, 6) is 0.850. The smallest absolute Gasteiger partial charge is 0.391 e. The molecule has 2 aromatic heterocycles. The zero-order chi connectivity index (χ0) is 24.6. The summed E-state index contributed by atoms with van der Waals surface area (Å²) in [6.07, 6.45) is -4.06. The van der Waals surface area contributed by atoms with Gasteiger partial charge in [-0.2, -0.15) is 28.2 Å². The van der Waals surface area contributed by atoms with Gasteiger partial charge in [0.2, 0.25) is 5.95 Å². The molecule has 2 amide bonds. The van der Waals surface area contributed by atoms with Crippen molar-refractivity contribution < 1.29 is 22.7 Å². The highest BCUT2D eigenvalue weighted by Gasteiger charge is 2.40. The zero-order valence-corrected chi connectivity index (χ0v) is 18.9. The van der Waals surface area contributed by atoms with Crippen molar-refractivity contribution >= 4 is 34.5 Å². The van der Waals surface area contributed by atoms with Gasteiger partial charge in [0.1, 0.15) is 11.6 Å². The van der Waals surface area contributed by atoms with Crippen LogP contribution in [0.5, 0.6) is 5.75 Å². The third-order valence-electron chi connectivity index (χ3n) is 5.77. The van der Waals surface area contributed by atoms with Gasteiger partial charge >= 0.3 is 12.2 Å². The summed E-state index contributed by atoms with van der Waals surface area (Å²) in [7, 11) is 3.20. The minimum atomic E-state index is -4.44. The summed E-state index contributed by atoms with van der Waals surface area (Å²) in [4.78, 5) is 24.2. The molecule has 0 radical (unpaired) electrons. The van der Waals surface area contributed by atoms with Crippen molar-refractivity contribution in [1.82, 2.24) is 24.6 Å². The van der Waals surface area contributed by atoms with Crippen molar-refractivity contribution in [3.8, 4) is 5.75 Å². The molecule has 3 heterocycles. The van der Waals surface area contributed by atoms with Crippen molar-refractivity contribution in [3.63, 3.8) is 0 Å². The fraction of sp³-hybridized carbons (Fsp3) is 0.429. The SMILES string of the molecule is COc1ccc(NC(=O)N2CCN(c3nc(N)nc4c3cnn4C)C(CC(F)(F)F)C2)c(C)c1. The highest BCUT2D eigenvalue weighted by molar-refractivity contribution is 5.91. The third kappa shape index (κ3) is 4.77. The molecular formula is C21H25F3N8O2. The lowest BCUT2D eigenvalue weighted by Crippen LogP contribution is -2.57. The van der Waals surface area contributed by atoms with Gasteiger partial charge in [0.25, 0.3) is 0 Å². The average Bonchev–Trinajstić information content (AvgIpc) is 3.14. The van der Waals surface area contributed by atoms with Crippen LogP contribution < -0.4 is 20.7 Å². The van der Waals surface area contributed by atoms with Gasteiger partial charge in [0, 0.05) is 32.4 Å². The number of ether oxygens (including phenoxy) is 1. The fourth-order valence-corrected chi connectivity index (χ4v) is 4.10. The normalized spacial score (nSPS) is 16.7. The van der Waals surface area contributed by atoms with E-state index in [2.05, 4.69) is 20.4 Å².